The van der Waals surface area contributed by atoms with Crippen LogP contribution in [0.4, 0.5) is 4.79 Å². The summed E-state index contributed by atoms with van der Waals surface area (Å²) in [5, 5.41) is 8.86. The third-order valence-corrected chi connectivity index (χ3v) is 3.56. The Hall–Kier alpha value is -0.950. The average Bonchev–Trinajstić information content (AvgIpc) is 2.38. The van der Waals surface area contributed by atoms with Gasteiger partial charge in [-0.2, -0.15) is 11.8 Å². The van der Waals surface area contributed by atoms with Crippen LogP contribution < -0.4 is 0 Å². The van der Waals surface area contributed by atoms with Crippen molar-refractivity contribution in [3.05, 3.63) is 0 Å². The Morgan fingerprint density at radius 3 is 2.47 bits per heavy atom. The zero-order valence-electron chi connectivity index (χ0n) is 12.1. The SMILES string of the molecule is CCC(CSC)N(C)C(=O)N(CCOC)CC(=O)O. The number of amides is 2. The molecule has 0 spiro atoms. The first-order chi connectivity index (χ1) is 8.97. The Labute approximate surface area is 119 Å². The lowest BCUT2D eigenvalue weighted by Gasteiger charge is -2.32. The Morgan fingerprint density at radius 1 is 1.42 bits per heavy atom. The highest BCUT2D eigenvalue weighted by molar-refractivity contribution is 7.98. The highest BCUT2D eigenvalue weighted by Gasteiger charge is 2.24. The van der Waals surface area contributed by atoms with Crippen molar-refractivity contribution >= 4 is 23.8 Å². The van der Waals surface area contributed by atoms with Gasteiger partial charge in [0.05, 0.1) is 6.61 Å². The van der Waals surface area contributed by atoms with Crippen LogP contribution >= 0.6 is 11.8 Å². The quantitative estimate of drug-likeness (QED) is 0.692. The number of carbonyl (C=O) groups is 2. The number of rotatable bonds is 9. The molecular formula is C12H24N2O4S. The maximum Gasteiger partial charge on any atom is 0.323 e. The molecule has 19 heavy (non-hydrogen) atoms. The molecular weight excluding hydrogens is 268 g/mol. The lowest BCUT2D eigenvalue weighted by atomic mass is 10.2. The normalized spacial score (nSPS) is 12.0. The summed E-state index contributed by atoms with van der Waals surface area (Å²) >= 11 is 1.67. The predicted molar refractivity (Wildman–Crippen MR) is 76.7 cm³/mol. The number of hydrogen-bond acceptors (Lipinski definition) is 4. The van der Waals surface area contributed by atoms with Crippen LogP contribution in [0, 0.1) is 0 Å². The van der Waals surface area contributed by atoms with E-state index in [0.717, 1.165) is 12.2 Å². The van der Waals surface area contributed by atoms with Gasteiger partial charge in [0, 0.05) is 32.5 Å². The van der Waals surface area contributed by atoms with Crippen molar-refractivity contribution in [2.75, 3.05) is 45.9 Å². The lowest BCUT2D eigenvalue weighted by Crippen LogP contribution is -2.49. The van der Waals surface area contributed by atoms with Gasteiger partial charge in [0.1, 0.15) is 6.54 Å². The minimum absolute atomic E-state index is 0.112. The summed E-state index contributed by atoms with van der Waals surface area (Å²) in [6.45, 7) is 2.32. The highest BCUT2D eigenvalue weighted by atomic mass is 32.2. The molecule has 0 aliphatic rings. The monoisotopic (exact) mass is 292 g/mol. The molecule has 0 saturated carbocycles. The van der Waals surface area contributed by atoms with Crippen molar-refractivity contribution in [2.45, 2.75) is 19.4 Å². The lowest BCUT2D eigenvalue weighted by molar-refractivity contribution is -0.137. The first-order valence-corrected chi connectivity index (χ1v) is 7.58. The molecule has 0 fully saturated rings. The molecule has 7 heteroatoms. The van der Waals surface area contributed by atoms with Crippen molar-refractivity contribution in [1.29, 1.82) is 0 Å². The van der Waals surface area contributed by atoms with Crippen molar-refractivity contribution in [3.8, 4) is 0 Å². The van der Waals surface area contributed by atoms with Gasteiger partial charge in [-0.05, 0) is 12.7 Å². The molecule has 0 saturated heterocycles. The molecule has 2 amide bonds. The van der Waals surface area contributed by atoms with E-state index in [2.05, 4.69) is 0 Å². The van der Waals surface area contributed by atoms with Crippen molar-refractivity contribution < 1.29 is 19.4 Å². The van der Waals surface area contributed by atoms with E-state index in [0.29, 0.717) is 6.61 Å². The van der Waals surface area contributed by atoms with Gasteiger partial charge in [-0.15, -0.1) is 0 Å². The minimum Gasteiger partial charge on any atom is -0.480 e. The van der Waals surface area contributed by atoms with Crippen LogP contribution in [0.25, 0.3) is 0 Å². The number of thioether (sulfide) groups is 1. The zero-order valence-corrected chi connectivity index (χ0v) is 12.9. The van der Waals surface area contributed by atoms with Gasteiger partial charge in [-0.25, -0.2) is 4.79 Å². The van der Waals surface area contributed by atoms with Crippen molar-refractivity contribution in [1.82, 2.24) is 9.80 Å². The largest absolute Gasteiger partial charge is 0.480 e. The van der Waals surface area contributed by atoms with E-state index < -0.39 is 5.97 Å². The van der Waals surface area contributed by atoms with Gasteiger partial charge in [-0.3, -0.25) is 4.79 Å². The summed E-state index contributed by atoms with van der Waals surface area (Å²) in [7, 11) is 3.24. The number of ether oxygens (including phenoxy) is 1. The number of carboxylic acids is 1. The van der Waals surface area contributed by atoms with E-state index in [1.54, 1.807) is 23.7 Å². The van der Waals surface area contributed by atoms with Crippen LogP contribution in [0.3, 0.4) is 0 Å². The summed E-state index contributed by atoms with van der Waals surface area (Å²) < 4.78 is 4.91. The Bertz CT molecular complexity index is 289. The molecule has 1 atom stereocenters. The van der Waals surface area contributed by atoms with E-state index >= 15 is 0 Å². The maximum absolute atomic E-state index is 12.3. The van der Waals surface area contributed by atoms with E-state index in [-0.39, 0.29) is 25.2 Å². The molecule has 1 unspecified atom stereocenters. The number of carbonyl (C=O) groups excluding carboxylic acids is 1. The third kappa shape index (κ3) is 6.68. The smallest absolute Gasteiger partial charge is 0.323 e. The standard InChI is InChI=1S/C12H24N2O4S/c1-5-10(9-19-4)13(2)12(17)14(6-7-18-3)8-11(15)16/h10H,5-9H2,1-4H3,(H,15,16). The molecule has 6 nitrogen and oxygen atoms in total. The van der Waals surface area contributed by atoms with Crippen LogP contribution in [0.15, 0.2) is 0 Å². The van der Waals surface area contributed by atoms with E-state index in [1.165, 1.54) is 12.0 Å². The molecule has 0 aromatic carbocycles. The number of aliphatic carboxylic acids is 1. The molecule has 0 aliphatic heterocycles. The first-order valence-electron chi connectivity index (χ1n) is 6.19. The van der Waals surface area contributed by atoms with Crippen LogP contribution in [0.1, 0.15) is 13.3 Å². The first kappa shape index (κ1) is 18.0. The van der Waals surface area contributed by atoms with Gasteiger partial charge < -0.3 is 19.6 Å². The molecule has 0 aliphatic carbocycles. The predicted octanol–water partition coefficient (Wildman–Crippen LogP) is 1.21. The molecule has 0 radical (unpaired) electrons. The summed E-state index contributed by atoms with van der Waals surface area (Å²) in [5.41, 5.74) is 0. The average molecular weight is 292 g/mol. The second-order valence-corrected chi connectivity index (χ2v) is 5.13. The van der Waals surface area contributed by atoms with E-state index in [9.17, 15) is 9.59 Å². The fraction of sp³-hybridized carbons (Fsp3) is 0.833. The number of methoxy groups -OCH3 is 1. The van der Waals surface area contributed by atoms with Crippen LogP contribution in [-0.4, -0.2) is 78.8 Å². The van der Waals surface area contributed by atoms with Crippen LogP contribution in [-0.2, 0) is 9.53 Å². The number of nitrogens with zero attached hydrogens (tertiary/aromatic N) is 2. The summed E-state index contributed by atoms with van der Waals surface area (Å²) in [5.74, 6) is -0.181. The third-order valence-electron chi connectivity index (χ3n) is 2.84. The summed E-state index contributed by atoms with van der Waals surface area (Å²) in [4.78, 5) is 26.0. The topological polar surface area (TPSA) is 70.1 Å². The van der Waals surface area contributed by atoms with Crippen LogP contribution in [0.2, 0.25) is 0 Å². The highest BCUT2D eigenvalue weighted by Crippen LogP contribution is 2.10. The van der Waals surface area contributed by atoms with Gasteiger partial charge in [-0.1, -0.05) is 6.92 Å². The molecule has 0 bridgehead atoms. The Kier molecular flexibility index (Phi) is 9.42. The fourth-order valence-electron chi connectivity index (χ4n) is 1.68. The van der Waals surface area contributed by atoms with Crippen molar-refractivity contribution in [2.24, 2.45) is 0 Å². The molecule has 1 N–H and O–H groups in total. The van der Waals surface area contributed by atoms with E-state index in [4.69, 9.17) is 9.84 Å². The zero-order chi connectivity index (χ0) is 14.8. The van der Waals surface area contributed by atoms with Crippen LogP contribution in [0.5, 0.6) is 0 Å². The van der Waals surface area contributed by atoms with Gasteiger partial charge in [0.25, 0.3) is 0 Å². The number of hydrogen-bond donors (Lipinski definition) is 1. The number of urea groups is 1. The fourth-order valence-corrected chi connectivity index (χ4v) is 2.53. The minimum atomic E-state index is -1.02. The number of carboxylic acid groups (broad SMARTS) is 1. The Morgan fingerprint density at radius 2 is 2.05 bits per heavy atom. The maximum atomic E-state index is 12.3. The summed E-state index contributed by atoms with van der Waals surface area (Å²) in [6.07, 6.45) is 2.83. The molecule has 112 valence electrons. The second kappa shape index (κ2) is 9.91. The molecule has 0 rings (SSSR count). The Balaban J connectivity index is 4.69. The molecule has 0 aromatic heterocycles. The van der Waals surface area contributed by atoms with Crippen molar-refractivity contribution in [3.63, 3.8) is 0 Å². The van der Waals surface area contributed by atoms with E-state index in [1.807, 2.05) is 13.2 Å². The van der Waals surface area contributed by atoms with Gasteiger partial charge in [0.15, 0.2) is 0 Å². The molecule has 0 aromatic rings. The summed E-state index contributed by atoms with van der Waals surface area (Å²) in [6, 6.07) is -0.151. The van der Waals surface area contributed by atoms with Gasteiger partial charge >= 0.3 is 12.0 Å². The second-order valence-electron chi connectivity index (χ2n) is 4.22. The molecule has 0 heterocycles. The van der Waals surface area contributed by atoms with Gasteiger partial charge in [0.2, 0.25) is 0 Å².